The first-order valence-electron chi connectivity index (χ1n) is 13.6. The summed E-state index contributed by atoms with van der Waals surface area (Å²) in [5, 5.41) is 11.9. The Morgan fingerprint density at radius 3 is 2.27 bits per heavy atom. The number of thiocarbonyl (C=S) groups is 1. The zero-order valence-corrected chi connectivity index (χ0v) is 23.8. The van der Waals surface area contributed by atoms with Crippen molar-refractivity contribution in [2.45, 2.75) is 71.4 Å². The van der Waals surface area contributed by atoms with Gasteiger partial charge in [0.2, 0.25) is 11.8 Å². The molecule has 2 aromatic carbocycles. The highest BCUT2D eigenvalue weighted by Gasteiger charge is 2.53. The Hall–Kier alpha value is -3.25. The lowest BCUT2D eigenvalue weighted by Crippen LogP contribution is -2.57. The van der Waals surface area contributed by atoms with Gasteiger partial charge in [-0.05, 0) is 74.3 Å². The zero-order chi connectivity index (χ0) is 29.3. The molecule has 2 amide bonds. The average Bonchev–Trinajstić information content (AvgIpc) is 2.90. The number of halogens is 3. The Bertz CT molecular complexity index is 1340. The first kappa shape index (κ1) is 29.7. The van der Waals surface area contributed by atoms with Gasteiger partial charge in [0.15, 0.2) is 0 Å². The molecule has 1 spiro atoms. The highest BCUT2D eigenvalue weighted by molar-refractivity contribution is 7.80. The van der Waals surface area contributed by atoms with E-state index in [1.165, 1.54) is 11.0 Å². The average molecular weight is 570 g/mol. The number of hydrogen-bond acceptors (Lipinski definition) is 4. The summed E-state index contributed by atoms with van der Waals surface area (Å²) in [6.07, 6.45) is 1.07. The van der Waals surface area contributed by atoms with E-state index in [0.717, 1.165) is 42.5 Å². The topological polar surface area (TPSA) is 73.2 Å². The van der Waals surface area contributed by atoms with Gasteiger partial charge in [0, 0.05) is 18.4 Å². The summed E-state index contributed by atoms with van der Waals surface area (Å²) < 4.78 is 41.0. The smallest absolute Gasteiger partial charge is 0.359 e. The van der Waals surface area contributed by atoms with Gasteiger partial charge in [-0.3, -0.25) is 14.5 Å². The molecule has 5 nitrogen and oxygen atoms in total. The molecule has 2 aliphatic rings. The molecule has 4 rings (SSSR count). The van der Waals surface area contributed by atoms with Crippen LogP contribution in [0, 0.1) is 28.1 Å². The van der Waals surface area contributed by atoms with Crippen LogP contribution in [0.5, 0.6) is 0 Å². The van der Waals surface area contributed by atoms with Crippen molar-refractivity contribution in [3.8, 4) is 6.07 Å². The second-order valence-electron chi connectivity index (χ2n) is 11.7. The second-order valence-corrected chi connectivity index (χ2v) is 12.1. The van der Waals surface area contributed by atoms with E-state index in [4.69, 9.17) is 12.2 Å². The van der Waals surface area contributed by atoms with Gasteiger partial charge in [0.05, 0.1) is 33.3 Å². The van der Waals surface area contributed by atoms with Gasteiger partial charge in [-0.25, -0.2) is 0 Å². The fourth-order valence-electron chi connectivity index (χ4n) is 5.78. The van der Waals surface area contributed by atoms with E-state index < -0.39 is 28.1 Å². The predicted molar refractivity (Wildman–Crippen MR) is 152 cm³/mol. The Morgan fingerprint density at radius 1 is 1.12 bits per heavy atom. The molecule has 9 heteroatoms. The fourth-order valence-corrected chi connectivity index (χ4v) is 6.17. The maximum atomic E-state index is 13.7. The fraction of sp³-hybridized carbons (Fsp3) is 0.484. The third-order valence-electron chi connectivity index (χ3n) is 8.55. The molecule has 1 heterocycles. The second kappa shape index (κ2) is 11.3. The van der Waals surface area contributed by atoms with E-state index in [1.807, 2.05) is 13.8 Å². The number of nitrogens with zero attached hydrogens (tertiary/aromatic N) is 2. The minimum absolute atomic E-state index is 0.0139. The number of carbonyl (C=O) groups is 2. The molecule has 2 fully saturated rings. The number of anilines is 1. The monoisotopic (exact) mass is 569 g/mol. The third-order valence-corrected chi connectivity index (χ3v) is 9.06. The maximum Gasteiger partial charge on any atom is 0.417 e. The molecule has 212 valence electrons. The van der Waals surface area contributed by atoms with Crippen LogP contribution in [-0.4, -0.2) is 23.9 Å². The SMILES string of the molecule is CNC(=O)C(C)(C)CCc1ccc(CCC2CC3(CCC3)C(=O)N(c3ccc(C#N)c(C(F)(F)F)c3)C2=S)cc1. The van der Waals surface area contributed by atoms with Crippen LogP contribution in [0.2, 0.25) is 0 Å². The molecule has 1 saturated heterocycles. The molecule has 1 N–H and O–H groups in total. The number of nitrogens with one attached hydrogen (secondary N) is 1. The van der Waals surface area contributed by atoms with Crippen molar-refractivity contribution in [1.29, 1.82) is 5.26 Å². The summed E-state index contributed by atoms with van der Waals surface area (Å²) in [5.74, 6) is -0.354. The number of nitriles is 1. The largest absolute Gasteiger partial charge is 0.417 e. The van der Waals surface area contributed by atoms with Gasteiger partial charge < -0.3 is 5.32 Å². The molecule has 0 radical (unpaired) electrons. The minimum atomic E-state index is -4.72. The Labute approximate surface area is 238 Å². The van der Waals surface area contributed by atoms with Crippen LogP contribution >= 0.6 is 12.2 Å². The molecule has 1 aliphatic carbocycles. The molecule has 40 heavy (non-hydrogen) atoms. The van der Waals surface area contributed by atoms with Crippen molar-refractivity contribution >= 4 is 34.7 Å². The van der Waals surface area contributed by atoms with Gasteiger partial charge in [-0.2, -0.15) is 18.4 Å². The third kappa shape index (κ3) is 5.92. The minimum Gasteiger partial charge on any atom is -0.359 e. The van der Waals surface area contributed by atoms with Gasteiger partial charge in [-0.15, -0.1) is 0 Å². The molecular formula is C31H34F3N3O2S. The number of aryl methyl sites for hydroxylation is 2. The summed E-state index contributed by atoms with van der Waals surface area (Å²) in [6.45, 7) is 3.86. The predicted octanol–water partition coefficient (Wildman–Crippen LogP) is 6.77. The molecule has 2 aromatic rings. The first-order chi connectivity index (χ1) is 18.8. The van der Waals surface area contributed by atoms with E-state index in [2.05, 4.69) is 29.6 Å². The lowest BCUT2D eigenvalue weighted by molar-refractivity contribution is -0.138. The van der Waals surface area contributed by atoms with Crippen molar-refractivity contribution in [1.82, 2.24) is 5.32 Å². The van der Waals surface area contributed by atoms with Crippen LogP contribution in [0.4, 0.5) is 18.9 Å². The van der Waals surface area contributed by atoms with Crippen molar-refractivity contribution < 1.29 is 22.8 Å². The summed E-state index contributed by atoms with van der Waals surface area (Å²) in [5.41, 5.74) is -0.280. The summed E-state index contributed by atoms with van der Waals surface area (Å²) in [6, 6.07) is 13.2. The van der Waals surface area contributed by atoms with Crippen LogP contribution in [-0.2, 0) is 28.6 Å². The summed E-state index contributed by atoms with van der Waals surface area (Å²) >= 11 is 5.74. The highest BCUT2D eigenvalue weighted by atomic mass is 32.1. The van der Waals surface area contributed by atoms with Crippen molar-refractivity contribution in [2.75, 3.05) is 11.9 Å². The molecule has 1 unspecified atom stereocenters. The van der Waals surface area contributed by atoms with Crippen LogP contribution in [0.25, 0.3) is 0 Å². The highest BCUT2D eigenvalue weighted by Crippen LogP contribution is 2.52. The van der Waals surface area contributed by atoms with Crippen LogP contribution < -0.4 is 10.2 Å². The quantitative estimate of drug-likeness (QED) is 0.357. The van der Waals surface area contributed by atoms with Crippen LogP contribution in [0.15, 0.2) is 42.5 Å². The van der Waals surface area contributed by atoms with E-state index in [0.29, 0.717) is 37.1 Å². The lowest BCUT2D eigenvalue weighted by Gasteiger charge is -2.50. The Balaban J connectivity index is 1.49. The number of rotatable bonds is 8. The van der Waals surface area contributed by atoms with Crippen molar-refractivity contribution in [3.05, 3.63) is 64.7 Å². The van der Waals surface area contributed by atoms with Gasteiger partial charge in [-0.1, -0.05) is 56.8 Å². The zero-order valence-electron chi connectivity index (χ0n) is 23.0. The summed E-state index contributed by atoms with van der Waals surface area (Å²) in [7, 11) is 1.64. The Kier molecular flexibility index (Phi) is 8.41. The van der Waals surface area contributed by atoms with E-state index >= 15 is 0 Å². The number of amides is 2. The Morgan fingerprint density at radius 2 is 1.75 bits per heavy atom. The first-order valence-corrected chi connectivity index (χ1v) is 14.0. The molecule has 0 bridgehead atoms. The van der Waals surface area contributed by atoms with Gasteiger partial charge in [0.1, 0.15) is 0 Å². The summed E-state index contributed by atoms with van der Waals surface area (Å²) in [4.78, 5) is 27.3. The molecule has 1 aliphatic heterocycles. The van der Waals surface area contributed by atoms with E-state index in [-0.39, 0.29) is 23.4 Å². The molecular weight excluding hydrogens is 535 g/mol. The lowest BCUT2D eigenvalue weighted by atomic mass is 9.61. The van der Waals surface area contributed by atoms with Crippen LogP contribution in [0.1, 0.15) is 74.6 Å². The number of piperidine rings is 1. The van der Waals surface area contributed by atoms with Crippen molar-refractivity contribution in [2.24, 2.45) is 16.7 Å². The molecule has 1 saturated carbocycles. The maximum absolute atomic E-state index is 13.7. The van der Waals surface area contributed by atoms with Crippen molar-refractivity contribution in [3.63, 3.8) is 0 Å². The van der Waals surface area contributed by atoms with E-state index in [9.17, 15) is 28.0 Å². The normalized spacial score (nSPS) is 18.8. The number of benzene rings is 2. The van der Waals surface area contributed by atoms with Gasteiger partial charge in [0.25, 0.3) is 0 Å². The number of alkyl halides is 3. The van der Waals surface area contributed by atoms with E-state index in [1.54, 1.807) is 13.1 Å². The molecule has 1 atom stereocenters. The van der Waals surface area contributed by atoms with Crippen LogP contribution in [0.3, 0.4) is 0 Å². The van der Waals surface area contributed by atoms with Gasteiger partial charge >= 0.3 is 6.18 Å². The number of hydrogen-bond donors (Lipinski definition) is 1. The molecule has 0 aromatic heterocycles. The standard InChI is InChI=1S/C31H34F3N3O2S/c1-29(2,27(38)36-3)16-13-21-7-5-20(6-8-21)9-10-22-18-30(14-4-15-30)28(39)37(26(22)40)24-12-11-23(19-35)25(17-24)31(32,33)34/h5-8,11-12,17,22H,4,9-10,13-16,18H2,1-3H3,(H,36,38). The number of carbonyl (C=O) groups excluding carboxylic acids is 2.